The number of aromatic nitrogens is 3. The normalized spacial score (nSPS) is 14.2. The van der Waals surface area contributed by atoms with E-state index in [1.807, 2.05) is 60.7 Å². The van der Waals surface area contributed by atoms with E-state index in [1.165, 1.54) is 11.1 Å². The standard InChI is InChI=1S/C58H38N3OP/c62-63(47-18-8-3-9-19-47)55-23-13-11-21-49(55)51-37-36-50-48-20-10-12-22-54(48)61(56(50)57(51)63)46-34-32-45(33-35-46)58-59-52(43-28-24-41(25-29-43)39-14-4-1-5-15-39)38-53(60-58)44-30-26-42(27-31-44)40-16-6-2-7-17-40/h1-38H. The van der Waals surface area contributed by atoms with Gasteiger partial charge in [0, 0.05) is 43.8 Å². The van der Waals surface area contributed by atoms with Gasteiger partial charge in [-0.25, -0.2) is 9.97 Å². The summed E-state index contributed by atoms with van der Waals surface area (Å²) in [6.45, 7) is 0. The smallest absolute Gasteiger partial charge is 0.174 e. The predicted molar refractivity (Wildman–Crippen MR) is 262 cm³/mol. The zero-order chi connectivity index (χ0) is 41.9. The van der Waals surface area contributed by atoms with Crippen LogP contribution < -0.4 is 15.9 Å². The van der Waals surface area contributed by atoms with Gasteiger partial charge in [-0.2, -0.15) is 0 Å². The molecule has 9 aromatic carbocycles. The molecule has 0 N–H and O–H groups in total. The zero-order valence-electron chi connectivity index (χ0n) is 34.1. The Kier molecular flexibility index (Phi) is 8.74. The van der Waals surface area contributed by atoms with E-state index in [0.29, 0.717) is 5.82 Å². The van der Waals surface area contributed by atoms with E-state index in [9.17, 15) is 0 Å². The maximum absolute atomic E-state index is 16.0. The molecule has 0 bridgehead atoms. The highest BCUT2D eigenvalue weighted by atomic mass is 31.2. The number of hydrogen-bond donors (Lipinski definition) is 0. The van der Waals surface area contributed by atoms with Crippen molar-refractivity contribution in [3.63, 3.8) is 0 Å². The SMILES string of the molecule is O=P1(c2ccccc2)c2ccccc2-c2ccc3c4ccccc4n(-c4ccc(-c5nc(-c6ccc(-c7ccccc7)cc6)cc(-c6ccc(-c7ccccc7)cc6)n5)cc4)c3c21. The van der Waals surface area contributed by atoms with Gasteiger partial charge in [0.1, 0.15) is 0 Å². The summed E-state index contributed by atoms with van der Waals surface area (Å²) in [5.74, 6) is 0.639. The molecule has 0 saturated carbocycles. The van der Waals surface area contributed by atoms with Gasteiger partial charge in [0.05, 0.1) is 27.7 Å². The first-order valence-corrected chi connectivity index (χ1v) is 23.0. The number of benzene rings is 9. The molecule has 0 radical (unpaired) electrons. The third-order valence-corrected chi connectivity index (χ3v) is 15.6. The lowest BCUT2D eigenvalue weighted by atomic mass is 10.0. The lowest BCUT2D eigenvalue weighted by molar-refractivity contribution is 0.593. The predicted octanol–water partition coefficient (Wildman–Crippen LogP) is 13.5. The first-order valence-electron chi connectivity index (χ1n) is 21.3. The monoisotopic (exact) mass is 823 g/mol. The molecule has 0 fully saturated rings. The minimum Gasteiger partial charge on any atom is -0.309 e. The fourth-order valence-corrected chi connectivity index (χ4v) is 12.7. The third kappa shape index (κ3) is 6.10. The summed E-state index contributed by atoms with van der Waals surface area (Å²) in [6, 6.07) is 79.8. The number of hydrogen-bond acceptors (Lipinski definition) is 3. The molecule has 2 aromatic heterocycles. The Bertz CT molecular complexity index is 3450. The van der Waals surface area contributed by atoms with Gasteiger partial charge in [-0.1, -0.05) is 194 Å². The van der Waals surface area contributed by atoms with Crippen molar-refractivity contribution in [2.75, 3.05) is 0 Å². The first kappa shape index (κ1) is 36.9. The fourth-order valence-electron chi connectivity index (χ4n) is 9.41. The molecule has 5 heteroatoms. The van der Waals surface area contributed by atoms with Gasteiger partial charge >= 0.3 is 0 Å². The van der Waals surface area contributed by atoms with Crippen LogP contribution in [-0.4, -0.2) is 14.5 Å². The van der Waals surface area contributed by atoms with Crippen LogP contribution >= 0.6 is 7.14 Å². The quantitative estimate of drug-likeness (QED) is 0.150. The topological polar surface area (TPSA) is 47.8 Å². The molecule has 0 amide bonds. The largest absolute Gasteiger partial charge is 0.309 e. The second kappa shape index (κ2) is 14.9. The minimum absolute atomic E-state index is 0.639. The molecule has 1 unspecified atom stereocenters. The molecule has 1 aliphatic heterocycles. The molecular weight excluding hydrogens is 786 g/mol. The lowest BCUT2D eigenvalue weighted by Crippen LogP contribution is -2.22. The van der Waals surface area contributed by atoms with Gasteiger partial charge in [0.2, 0.25) is 0 Å². The van der Waals surface area contributed by atoms with Crippen molar-refractivity contribution in [2.24, 2.45) is 0 Å². The lowest BCUT2D eigenvalue weighted by Gasteiger charge is -2.18. The van der Waals surface area contributed by atoms with Gasteiger partial charge in [0.15, 0.2) is 13.0 Å². The second-order valence-electron chi connectivity index (χ2n) is 16.1. The van der Waals surface area contributed by atoms with Crippen LogP contribution in [0.2, 0.25) is 0 Å². The number of para-hydroxylation sites is 1. The van der Waals surface area contributed by atoms with Crippen molar-refractivity contribution in [1.29, 1.82) is 0 Å². The van der Waals surface area contributed by atoms with Crippen LogP contribution in [0.1, 0.15) is 0 Å². The highest BCUT2D eigenvalue weighted by Gasteiger charge is 2.42. The highest BCUT2D eigenvalue weighted by Crippen LogP contribution is 2.55. The molecular formula is C58H38N3OP. The fraction of sp³-hybridized carbons (Fsp3) is 0. The Morgan fingerprint density at radius 2 is 0.873 bits per heavy atom. The van der Waals surface area contributed by atoms with Crippen molar-refractivity contribution in [2.45, 2.75) is 0 Å². The van der Waals surface area contributed by atoms with E-state index < -0.39 is 7.14 Å². The molecule has 1 aliphatic rings. The number of nitrogens with zero attached hydrogens (tertiary/aromatic N) is 3. The zero-order valence-corrected chi connectivity index (χ0v) is 35.0. The van der Waals surface area contributed by atoms with Crippen molar-refractivity contribution in [1.82, 2.24) is 14.5 Å². The molecule has 0 spiro atoms. The van der Waals surface area contributed by atoms with E-state index in [-0.39, 0.29) is 0 Å². The van der Waals surface area contributed by atoms with Crippen LogP contribution in [0.15, 0.2) is 231 Å². The van der Waals surface area contributed by atoms with E-state index in [0.717, 1.165) is 93.7 Å². The second-order valence-corrected chi connectivity index (χ2v) is 18.7. The van der Waals surface area contributed by atoms with E-state index in [4.69, 9.17) is 9.97 Å². The first-order chi connectivity index (χ1) is 31.1. The molecule has 1 atom stereocenters. The van der Waals surface area contributed by atoms with Crippen molar-refractivity contribution in [3.8, 4) is 73.0 Å². The summed E-state index contributed by atoms with van der Waals surface area (Å²) in [7, 11) is -3.26. The Labute approximate surface area is 365 Å². The average molecular weight is 824 g/mol. The van der Waals surface area contributed by atoms with Crippen LogP contribution in [0.3, 0.4) is 0 Å². The van der Waals surface area contributed by atoms with E-state index >= 15 is 4.57 Å². The van der Waals surface area contributed by atoms with Gasteiger partial charge in [-0.05, 0) is 69.8 Å². The molecule has 0 aliphatic carbocycles. The number of fused-ring (bicyclic) bond motifs is 7. The third-order valence-electron chi connectivity index (χ3n) is 12.5. The Morgan fingerprint density at radius 1 is 0.381 bits per heavy atom. The molecule has 0 saturated heterocycles. The Balaban J connectivity index is 1.01. The van der Waals surface area contributed by atoms with Gasteiger partial charge in [-0.15, -0.1) is 0 Å². The van der Waals surface area contributed by atoms with Crippen molar-refractivity contribution >= 4 is 44.9 Å². The maximum atomic E-state index is 16.0. The molecule has 296 valence electrons. The van der Waals surface area contributed by atoms with Gasteiger partial charge in [-0.3, -0.25) is 0 Å². The van der Waals surface area contributed by atoms with Gasteiger partial charge < -0.3 is 9.13 Å². The molecule has 12 rings (SSSR count). The van der Waals surface area contributed by atoms with Crippen LogP contribution in [0.4, 0.5) is 0 Å². The van der Waals surface area contributed by atoms with Crippen LogP contribution in [-0.2, 0) is 4.57 Å². The van der Waals surface area contributed by atoms with Crippen molar-refractivity contribution in [3.05, 3.63) is 231 Å². The summed E-state index contributed by atoms with van der Waals surface area (Å²) in [5, 5.41) is 4.82. The summed E-state index contributed by atoms with van der Waals surface area (Å²) >= 11 is 0. The summed E-state index contributed by atoms with van der Waals surface area (Å²) in [5.41, 5.74) is 14.3. The Morgan fingerprint density at radius 3 is 1.49 bits per heavy atom. The van der Waals surface area contributed by atoms with Crippen LogP contribution in [0, 0.1) is 0 Å². The summed E-state index contributed by atoms with van der Waals surface area (Å²) in [6.07, 6.45) is 0. The van der Waals surface area contributed by atoms with Crippen LogP contribution in [0.25, 0.3) is 94.8 Å². The highest BCUT2D eigenvalue weighted by molar-refractivity contribution is 7.86. The summed E-state index contributed by atoms with van der Waals surface area (Å²) < 4.78 is 18.3. The molecule has 3 heterocycles. The Hall–Kier alpha value is -7.91. The van der Waals surface area contributed by atoms with E-state index in [2.05, 4.69) is 174 Å². The maximum Gasteiger partial charge on any atom is 0.174 e. The summed E-state index contributed by atoms with van der Waals surface area (Å²) in [4.78, 5) is 10.5. The molecule has 11 aromatic rings. The average Bonchev–Trinajstić information content (AvgIpc) is 3.84. The molecule has 4 nitrogen and oxygen atoms in total. The minimum atomic E-state index is -3.26. The van der Waals surface area contributed by atoms with Crippen molar-refractivity contribution < 1.29 is 4.57 Å². The van der Waals surface area contributed by atoms with Gasteiger partial charge in [0.25, 0.3) is 0 Å². The van der Waals surface area contributed by atoms with Crippen LogP contribution in [0.5, 0.6) is 0 Å². The molecule has 63 heavy (non-hydrogen) atoms. The van der Waals surface area contributed by atoms with E-state index in [1.54, 1.807) is 0 Å². The number of rotatable bonds is 7.